The molecule has 2 unspecified atom stereocenters. The molecule has 0 spiro atoms. The fourth-order valence-corrected chi connectivity index (χ4v) is 2.64. The first-order valence-electron chi connectivity index (χ1n) is 6.58. The maximum atomic E-state index is 12.6. The molecule has 1 aromatic heterocycles. The van der Waals surface area contributed by atoms with Crippen LogP contribution in [0.15, 0.2) is 6.20 Å². The summed E-state index contributed by atoms with van der Waals surface area (Å²) >= 11 is 0. The van der Waals surface area contributed by atoms with E-state index in [4.69, 9.17) is 10.5 Å². The minimum atomic E-state index is -0.0776. The van der Waals surface area contributed by atoms with Crippen molar-refractivity contribution in [3.8, 4) is 5.75 Å². The Kier molecular flexibility index (Phi) is 4.01. The number of rotatable bonds is 5. The SMILES string of the molecule is CCCn1ncc(OC)c1C(=O)C1CCCC1N. The van der Waals surface area contributed by atoms with Gasteiger partial charge in [0.1, 0.15) is 5.69 Å². The fourth-order valence-electron chi connectivity index (χ4n) is 2.64. The lowest BCUT2D eigenvalue weighted by molar-refractivity contribution is 0.0898. The van der Waals surface area contributed by atoms with E-state index in [2.05, 4.69) is 12.0 Å². The number of nitrogens with two attached hydrogens (primary N) is 1. The zero-order chi connectivity index (χ0) is 13.1. The molecular formula is C13H21N3O2. The molecule has 0 aliphatic heterocycles. The summed E-state index contributed by atoms with van der Waals surface area (Å²) < 4.78 is 6.99. The zero-order valence-corrected chi connectivity index (χ0v) is 11.1. The number of carbonyl (C=O) groups is 1. The lowest BCUT2D eigenvalue weighted by atomic mass is 9.96. The number of methoxy groups -OCH3 is 1. The molecule has 1 aliphatic rings. The van der Waals surface area contributed by atoms with Crippen molar-refractivity contribution in [2.45, 2.75) is 45.2 Å². The van der Waals surface area contributed by atoms with Crippen LogP contribution in [0.3, 0.4) is 0 Å². The predicted molar refractivity (Wildman–Crippen MR) is 68.7 cm³/mol. The van der Waals surface area contributed by atoms with Crippen molar-refractivity contribution in [1.82, 2.24) is 9.78 Å². The van der Waals surface area contributed by atoms with Crippen molar-refractivity contribution in [2.75, 3.05) is 7.11 Å². The van der Waals surface area contributed by atoms with E-state index in [0.29, 0.717) is 11.4 Å². The average Bonchev–Trinajstić information content (AvgIpc) is 2.95. The Morgan fingerprint density at radius 1 is 1.61 bits per heavy atom. The van der Waals surface area contributed by atoms with Crippen LogP contribution in [-0.2, 0) is 6.54 Å². The lowest BCUT2D eigenvalue weighted by Gasteiger charge is -2.15. The molecule has 2 N–H and O–H groups in total. The molecule has 0 saturated heterocycles. The number of ketones is 1. The van der Waals surface area contributed by atoms with E-state index in [9.17, 15) is 4.79 Å². The third-order valence-corrected chi connectivity index (χ3v) is 3.60. The Morgan fingerprint density at radius 2 is 2.39 bits per heavy atom. The Balaban J connectivity index is 2.30. The summed E-state index contributed by atoms with van der Waals surface area (Å²) in [6, 6.07) is -0.0211. The van der Waals surface area contributed by atoms with E-state index in [0.717, 1.165) is 32.2 Å². The molecule has 1 aliphatic carbocycles. The zero-order valence-electron chi connectivity index (χ0n) is 11.1. The standard InChI is InChI=1S/C13H21N3O2/c1-3-7-16-12(11(18-2)8-15-16)13(17)9-5-4-6-10(9)14/h8-10H,3-7,14H2,1-2H3. The summed E-state index contributed by atoms with van der Waals surface area (Å²) in [5.41, 5.74) is 6.60. The van der Waals surface area contributed by atoms with Gasteiger partial charge in [0.2, 0.25) is 0 Å². The summed E-state index contributed by atoms with van der Waals surface area (Å²) in [5, 5.41) is 4.22. The van der Waals surface area contributed by atoms with E-state index >= 15 is 0 Å². The van der Waals surface area contributed by atoms with Crippen LogP contribution >= 0.6 is 0 Å². The van der Waals surface area contributed by atoms with Crippen LogP contribution in [0, 0.1) is 5.92 Å². The normalized spacial score (nSPS) is 23.3. The summed E-state index contributed by atoms with van der Waals surface area (Å²) in [6.07, 6.45) is 5.38. The van der Waals surface area contributed by atoms with Gasteiger partial charge in [-0.2, -0.15) is 5.10 Å². The van der Waals surface area contributed by atoms with Crippen molar-refractivity contribution in [1.29, 1.82) is 0 Å². The largest absolute Gasteiger partial charge is 0.493 e. The predicted octanol–water partition coefficient (Wildman–Crippen LogP) is 1.61. The first kappa shape index (κ1) is 13.1. The van der Waals surface area contributed by atoms with Crippen LogP contribution < -0.4 is 10.5 Å². The van der Waals surface area contributed by atoms with E-state index in [-0.39, 0.29) is 17.7 Å². The molecule has 0 aromatic carbocycles. The van der Waals surface area contributed by atoms with Crippen molar-refractivity contribution >= 4 is 5.78 Å². The number of Topliss-reactive ketones (excluding diaryl/α,β-unsaturated/α-hetero) is 1. The van der Waals surface area contributed by atoms with Gasteiger partial charge in [-0.15, -0.1) is 0 Å². The van der Waals surface area contributed by atoms with Gasteiger partial charge in [0.25, 0.3) is 0 Å². The van der Waals surface area contributed by atoms with E-state index in [1.165, 1.54) is 0 Å². The van der Waals surface area contributed by atoms with Gasteiger partial charge in [-0.05, 0) is 19.3 Å². The molecule has 2 atom stereocenters. The van der Waals surface area contributed by atoms with Crippen LogP contribution in [0.2, 0.25) is 0 Å². The lowest BCUT2D eigenvalue weighted by Crippen LogP contribution is -2.32. The molecule has 100 valence electrons. The van der Waals surface area contributed by atoms with Gasteiger partial charge < -0.3 is 10.5 Å². The number of aromatic nitrogens is 2. The summed E-state index contributed by atoms with van der Waals surface area (Å²) in [7, 11) is 1.57. The van der Waals surface area contributed by atoms with Crippen molar-refractivity contribution in [3.63, 3.8) is 0 Å². The first-order chi connectivity index (χ1) is 8.69. The topological polar surface area (TPSA) is 70.1 Å². The third kappa shape index (κ3) is 2.27. The highest BCUT2D eigenvalue weighted by atomic mass is 16.5. The second-order valence-corrected chi connectivity index (χ2v) is 4.85. The number of ether oxygens (including phenoxy) is 1. The number of nitrogens with zero attached hydrogens (tertiary/aromatic N) is 2. The summed E-state index contributed by atoms with van der Waals surface area (Å²) in [6.45, 7) is 2.79. The molecule has 5 nitrogen and oxygen atoms in total. The van der Waals surface area contributed by atoms with Gasteiger partial charge in [0.15, 0.2) is 11.5 Å². The summed E-state index contributed by atoms with van der Waals surface area (Å²) in [4.78, 5) is 12.6. The highest BCUT2D eigenvalue weighted by Gasteiger charge is 2.34. The molecule has 0 bridgehead atoms. The minimum absolute atomic E-state index is 0.0211. The molecular weight excluding hydrogens is 230 g/mol. The molecule has 1 saturated carbocycles. The van der Waals surface area contributed by atoms with E-state index in [1.54, 1.807) is 18.0 Å². The number of hydrogen-bond donors (Lipinski definition) is 1. The molecule has 1 aromatic rings. The monoisotopic (exact) mass is 251 g/mol. The molecule has 2 rings (SSSR count). The van der Waals surface area contributed by atoms with Crippen LogP contribution in [0.5, 0.6) is 5.75 Å². The second-order valence-electron chi connectivity index (χ2n) is 4.85. The quantitative estimate of drug-likeness (QED) is 0.807. The Labute approximate surface area is 107 Å². The van der Waals surface area contributed by atoms with Gasteiger partial charge in [0, 0.05) is 18.5 Å². The van der Waals surface area contributed by atoms with Gasteiger partial charge in [-0.25, -0.2) is 0 Å². The molecule has 18 heavy (non-hydrogen) atoms. The Hall–Kier alpha value is -1.36. The maximum absolute atomic E-state index is 12.6. The van der Waals surface area contributed by atoms with Crippen molar-refractivity contribution in [3.05, 3.63) is 11.9 Å². The number of hydrogen-bond acceptors (Lipinski definition) is 4. The van der Waals surface area contributed by atoms with E-state index < -0.39 is 0 Å². The average molecular weight is 251 g/mol. The highest BCUT2D eigenvalue weighted by Crippen LogP contribution is 2.30. The van der Waals surface area contributed by atoms with Gasteiger partial charge >= 0.3 is 0 Å². The van der Waals surface area contributed by atoms with Crippen LogP contribution in [0.1, 0.15) is 43.1 Å². The second kappa shape index (κ2) is 5.52. The number of carbonyl (C=O) groups excluding carboxylic acids is 1. The molecule has 5 heteroatoms. The molecule has 1 heterocycles. The van der Waals surface area contributed by atoms with Crippen molar-refractivity contribution < 1.29 is 9.53 Å². The van der Waals surface area contributed by atoms with Crippen LogP contribution in [0.25, 0.3) is 0 Å². The van der Waals surface area contributed by atoms with Gasteiger partial charge in [-0.1, -0.05) is 13.3 Å². The Morgan fingerprint density at radius 3 is 2.94 bits per heavy atom. The van der Waals surface area contributed by atoms with E-state index in [1.807, 2.05) is 0 Å². The first-order valence-corrected chi connectivity index (χ1v) is 6.58. The Bertz CT molecular complexity index is 428. The molecule has 0 amide bonds. The maximum Gasteiger partial charge on any atom is 0.189 e. The molecule has 0 radical (unpaired) electrons. The van der Waals surface area contributed by atoms with Crippen molar-refractivity contribution in [2.24, 2.45) is 11.7 Å². The fraction of sp³-hybridized carbons (Fsp3) is 0.692. The van der Waals surface area contributed by atoms with Crippen LogP contribution in [-0.4, -0.2) is 28.7 Å². The molecule has 1 fully saturated rings. The van der Waals surface area contributed by atoms with Gasteiger partial charge in [-0.3, -0.25) is 9.48 Å². The van der Waals surface area contributed by atoms with Crippen LogP contribution in [0.4, 0.5) is 0 Å². The smallest absolute Gasteiger partial charge is 0.189 e. The minimum Gasteiger partial charge on any atom is -0.493 e. The third-order valence-electron chi connectivity index (χ3n) is 3.60. The highest BCUT2D eigenvalue weighted by molar-refractivity contribution is 5.99. The van der Waals surface area contributed by atoms with Gasteiger partial charge in [0.05, 0.1) is 13.3 Å². The summed E-state index contributed by atoms with van der Waals surface area (Å²) in [5.74, 6) is 0.571. The number of aryl methyl sites for hydroxylation is 1.